The second-order valence-electron chi connectivity index (χ2n) is 4.88. The maximum absolute atomic E-state index is 11.0. The van der Waals surface area contributed by atoms with Crippen LogP contribution in [0.4, 0.5) is 11.4 Å². The summed E-state index contributed by atoms with van der Waals surface area (Å²) in [6, 6.07) is 6.91. The van der Waals surface area contributed by atoms with Crippen molar-refractivity contribution >= 4 is 38.9 Å². The van der Waals surface area contributed by atoms with Crippen molar-refractivity contribution in [1.29, 1.82) is 0 Å². The first-order chi connectivity index (χ1) is 10.3. The Morgan fingerprint density at radius 2 is 2.14 bits per heavy atom. The lowest BCUT2D eigenvalue weighted by atomic mass is 9.96. The topological polar surface area (TPSA) is 88.3 Å². The lowest BCUT2D eigenvalue weighted by Crippen LogP contribution is -2.31. The van der Waals surface area contributed by atoms with Crippen molar-refractivity contribution in [3.8, 4) is 0 Å². The number of aromatic nitrogens is 1. The number of nitro groups is 1. The van der Waals surface area contributed by atoms with Gasteiger partial charge < -0.3 is 10.4 Å². The average molecular weight is 387 g/mol. The average Bonchev–Trinajstić information content (AvgIpc) is 2.46. The van der Waals surface area contributed by atoms with E-state index in [0.717, 1.165) is 6.20 Å². The lowest BCUT2D eigenvalue weighted by Gasteiger charge is -2.26. The summed E-state index contributed by atoms with van der Waals surface area (Å²) >= 11 is 9.30. The van der Waals surface area contributed by atoms with Gasteiger partial charge in [-0.25, -0.2) is 0 Å². The highest BCUT2D eigenvalue weighted by Gasteiger charge is 2.27. The molecule has 0 aliphatic carbocycles. The summed E-state index contributed by atoms with van der Waals surface area (Å²) in [6.07, 6.45) is 2.59. The van der Waals surface area contributed by atoms with Crippen LogP contribution in [0.1, 0.15) is 12.5 Å². The van der Waals surface area contributed by atoms with Crippen LogP contribution in [0.3, 0.4) is 0 Å². The van der Waals surface area contributed by atoms with Gasteiger partial charge >= 0.3 is 5.69 Å². The zero-order valence-electron chi connectivity index (χ0n) is 11.6. The zero-order valence-corrected chi connectivity index (χ0v) is 13.9. The number of halogens is 2. The van der Waals surface area contributed by atoms with Gasteiger partial charge in [0.2, 0.25) is 0 Å². The number of pyridine rings is 1. The predicted octanol–water partition coefficient (Wildman–Crippen LogP) is 3.73. The Bertz CT molecular complexity index is 709. The molecule has 0 radical (unpaired) electrons. The third-order valence-corrected chi connectivity index (χ3v) is 4.07. The van der Waals surface area contributed by atoms with Gasteiger partial charge in [0, 0.05) is 23.3 Å². The largest absolute Gasteiger partial charge is 0.384 e. The van der Waals surface area contributed by atoms with Crippen LogP contribution in [-0.4, -0.2) is 21.6 Å². The van der Waals surface area contributed by atoms with Crippen molar-refractivity contribution in [1.82, 2.24) is 4.98 Å². The van der Waals surface area contributed by atoms with Gasteiger partial charge in [-0.05, 0) is 28.9 Å². The number of anilines is 1. The third-order valence-electron chi connectivity index (χ3n) is 3.14. The smallest absolute Gasteiger partial charge is 0.311 e. The molecule has 1 atom stereocenters. The van der Waals surface area contributed by atoms with Crippen LogP contribution in [-0.2, 0) is 5.60 Å². The highest BCUT2D eigenvalue weighted by molar-refractivity contribution is 9.10. The van der Waals surface area contributed by atoms with Crippen molar-refractivity contribution in [3.63, 3.8) is 0 Å². The number of hydrogen-bond donors (Lipinski definition) is 2. The molecule has 1 unspecified atom stereocenters. The SMILES string of the molecule is CC(O)(CNc1c(Br)cncc1[N+](=O)[O-])c1ccccc1Cl. The van der Waals surface area contributed by atoms with E-state index in [-0.39, 0.29) is 17.9 Å². The van der Waals surface area contributed by atoms with Crippen LogP contribution in [0.25, 0.3) is 0 Å². The summed E-state index contributed by atoms with van der Waals surface area (Å²) in [6.45, 7) is 1.63. The molecule has 2 N–H and O–H groups in total. The normalized spacial score (nSPS) is 13.5. The number of hydrogen-bond acceptors (Lipinski definition) is 5. The van der Waals surface area contributed by atoms with Gasteiger partial charge in [-0.15, -0.1) is 0 Å². The van der Waals surface area contributed by atoms with E-state index in [1.165, 1.54) is 6.20 Å². The minimum atomic E-state index is -1.30. The Kier molecular flexibility index (Phi) is 5.00. The van der Waals surface area contributed by atoms with Crippen LogP contribution in [0.15, 0.2) is 41.1 Å². The molecule has 22 heavy (non-hydrogen) atoms. The first kappa shape index (κ1) is 16.7. The van der Waals surface area contributed by atoms with Crippen molar-refractivity contribution in [3.05, 3.63) is 61.8 Å². The summed E-state index contributed by atoms with van der Waals surface area (Å²) in [4.78, 5) is 14.3. The van der Waals surface area contributed by atoms with E-state index in [1.807, 2.05) is 0 Å². The van der Waals surface area contributed by atoms with E-state index in [1.54, 1.807) is 31.2 Å². The van der Waals surface area contributed by atoms with Crippen LogP contribution in [0, 0.1) is 10.1 Å². The Morgan fingerprint density at radius 3 is 2.77 bits per heavy atom. The molecule has 0 amide bonds. The maximum Gasteiger partial charge on any atom is 0.311 e. The Labute approximate surface area is 140 Å². The first-order valence-corrected chi connectivity index (χ1v) is 7.49. The van der Waals surface area contributed by atoms with Crippen LogP contribution in [0.2, 0.25) is 5.02 Å². The van der Waals surface area contributed by atoms with Gasteiger partial charge in [-0.1, -0.05) is 29.8 Å². The molecule has 0 saturated carbocycles. The van der Waals surface area contributed by atoms with Crippen LogP contribution in [0.5, 0.6) is 0 Å². The molecule has 6 nitrogen and oxygen atoms in total. The fourth-order valence-electron chi connectivity index (χ4n) is 1.99. The molecule has 1 aromatic carbocycles. The standard InChI is InChI=1S/C14H13BrClN3O3/c1-14(20,9-4-2-3-5-11(9)16)8-18-13-10(15)6-17-7-12(13)19(21)22/h2-7,20H,8H2,1H3,(H,17,18). The Morgan fingerprint density at radius 1 is 1.45 bits per heavy atom. The lowest BCUT2D eigenvalue weighted by molar-refractivity contribution is -0.384. The fraction of sp³-hybridized carbons (Fsp3) is 0.214. The molecule has 0 saturated heterocycles. The molecule has 0 bridgehead atoms. The summed E-state index contributed by atoms with van der Waals surface area (Å²) in [5.74, 6) is 0. The van der Waals surface area contributed by atoms with Gasteiger partial charge in [0.25, 0.3) is 0 Å². The van der Waals surface area contributed by atoms with Gasteiger partial charge in [-0.3, -0.25) is 15.1 Å². The number of nitrogens with zero attached hydrogens (tertiary/aromatic N) is 2. The van der Waals surface area contributed by atoms with E-state index in [4.69, 9.17) is 11.6 Å². The molecule has 2 aromatic rings. The Balaban J connectivity index is 2.27. The molecular formula is C14H13BrClN3O3. The molecule has 8 heteroatoms. The van der Waals surface area contributed by atoms with Gasteiger partial charge in [0.1, 0.15) is 17.5 Å². The monoisotopic (exact) mass is 385 g/mol. The summed E-state index contributed by atoms with van der Waals surface area (Å²) in [5.41, 5.74) is -0.678. The van der Waals surface area contributed by atoms with E-state index < -0.39 is 10.5 Å². The fourth-order valence-corrected chi connectivity index (χ4v) is 2.79. The predicted molar refractivity (Wildman–Crippen MR) is 88.1 cm³/mol. The van der Waals surface area contributed by atoms with Crippen LogP contribution < -0.4 is 5.32 Å². The van der Waals surface area contributed by atoms with E-state index >= 15 is 0 Å². The van der Waals surface area contributed by atoms with Gasteiger partial charge in [0.15, 0.2) is 0 Å². The minimum absolute atomic E-state index is 0.0419. The van der Waals surface area contributed by atoms with Gasteiger partial charge in [-0.2, -0.15) is 0 Å². The maximum atomic E-state index is 11.0. The second kappa shape index (κ2) is 6.60. The zero-order chi connectivity index (χ0) is 16.3. The van der Waals surface area contributed by atoms with Crippen LogP contribution >= 0.6 is 27.5 Å². The molecule has 2 rings (SSSR count). The molecule has 1 aromatic heterocycles. The molecule has 0 spiro atoms. The number of nitrogens with one attached hydrogen (secondary N) is 1. The highest BCUT2D eigenvalue weighted by Crippen LogP contribution is 2.33. The molecule has 116 valence electrons. The van der Waals surface area contributed by atoms with Gasteiger partial charge in [0.05, 0.1) is 9.40 Å². The van der Waals surface area contributed by atoms with E-state index in [0.29, 0.717) is 15.1 Å². The minimum Gasteiger partial charge on any atom is -0.384 e. The summed E-state index contributed by atoms with van der Waals surface area (Å²) in [5, 5.41) is 25.0. The van der Waals surface area contributed by atoms with Crippen molar-refractivity contribution in [2.24, 2.45) is 0 Å². The third kappa shape index (κ3) is 3.55. The summed E-state index contributed by atoms with van der Waals surface area (Å²) < 4.78 is 0.441. The first-order valence-electron chi connectivity index (χ1n) is 6.32. The quantitative estimate of drug-likeness (QED) is 0.604. The van der Waals surface area contributed by atoms with E-state index in [2.05, 4.69) is 26.2 Å². The second-order valence-corrected chi connectivity index (χ2v) is 6.14. The van der Waals surface area contributed by atoms with Crippen molar-refractivity contribution in [2.45, 2.75) is 12.5 Å². The molecule has 0 aliphatic rings. The molecule has 0 fully saturated rings. The number of benzene rings is 1. The number of rotatable bonds is 5. The van der Waals surface area contributed by atoms with E-state index in [9.17, 15) is 15.2 Å². The molecular weight excluding hydrogens is 374 g/mol. The van der Waals surface area contributed by atoms with Crippen molar-refractivity contribution < 1.29 is 10.0 Å². The summed E-state index contributed by atoms with van der Waals surface area (Å²) in [7, 11) is 0. The molecule has 0 aliphatic heterocycles. The number of aliphatic hydroxyl groups is 1. The highest BCUT2D eigenvalue weighted by atomic mass is 79.9. The Hall–Kier alpha value is -1.70. The molecule has 1 heterocycles. The van der Waals surface area contributed by atoms with Crippen molar-refractivity contribution in [2.75, 3.05) is 11.9 Å².